The Labute approximate surface area is 276 Å². The number of imidazole rings is 1. The molecule has 1 atom stereocenters. The number of allylic oxidation sites excluding steroid dienone is 5. The summed E-state index contributed by atoms with van der Waals surface area (Å²) in [5, 5.41) is -0.0354. The van der Waals surface area contributed by atoms with Crippen molar-refractivity contribution in [2.24, 2.45) is 0 Å². The smallest absolute Gasteiger partial charge is 0.270 e. The minimum atomic E-state index is -4.21. The van der Waals surface area contributed by atoms with Crippen LogP contribution in [0.3, 0.4) is 0 Å². The van der Waals surface area contributed by atoms with Crippen molar-refractivity contribution in [2.45, 2.75) is 108 Å². The second-order valence-corrected chi connectivity index (χ2v) is 15.5. The van der Waals surface area contributed by atoms with Crippen LogP contribution in [-0.2, 0) is 26.6 Å². The summed E-state index contributed by atoms with van der Waals surface area (Å²) in [4.78, 5) is 9.37. The number of aryl methyl sites for hydroxylation is 1. The molecule has 0 radical (unpaired) electrons. The van der Waals surface area contributed by atoms with Gasteiger partial charge in [0.15, 0.2) is 0 Å². The summed E-state index contributed by atoms with van der Waals surface area (Å²) < 4.78 is 55.9. The number of nitrogens with zero attached hydrogens (tertiary/aromatic N) is 3. The Balaban J connectivity index is 1.62. The fraction of sp³-hybridized carbons (Fsp3) is 0.500. The Bertz CT molecular complexity index is 1790. The van der Waals surface area contributed by atoms with Crippen LogP contribution in [0.5, 0.6) is 11.5 Å². The van der Waals surface area contributed by atoms with Gasteiger partial charge in [-0.1, -0.05) is 49.8 Å². The van der Waals surface area contributed by atoms with E-state index in [4.69, 9.17) is 9.47 Å². The van der Waals surface area contributed by atoms with Crippen LogP contribution in [0.15, 0.2) is 63.8 Å². The van der Waals surface area contributed by atoms with Gasteiger partial charge in [0.25, 0.3) is 10.0 Å². The molecular formula is C36H47N3O5S2. The van der Waals surface area contributed by atoms with Crippen molar-refractivity contribution in [3.05, 3.63) is 75.5 Å². The van der Waals surface area contributed by atoms with Crippen molar-refractivity contribution in [1.82, 2.24) is 13.9 Å². The fourth-order valence-electron chi connectivity index (χ4n) is 6.56. The lowest BCUT2D eigenvalue weighted by Gasteiger charge is -2.19. The van der Waals surface area contributed by atoms with Gasteiger partial charge in [-0.05, 0) is 89.0 Å². The monoisotopic (exact) mass is 665 g/mol. The van der Waals surface area contributed by atoms with E-state index in [2.05, 4.69) is 9.97 Å². The molecule has 5 rings (SSSR count). The summed E-state index contributed by atoms with van der Waals surface area (Å²) >= 11 is 0. The molecule has 3 aromatic rings. The standard InChI is InChI=1S/C36H47N3O5S2/c1-26-24-37-33(27(2)35(26)44-4)25-45(40)36-38-32-22-20-30(43-3)23-34(32)39(36)46(41,42)31-18-12-10-8-6-5-7-9-11-15-28-16-13-14-17-29(28)19-21-31/h18-24H,5-17,25H2,1-4H3/b21-19-,31-18+. The SMILES string of the molecule is COc1ccc2nc(S(=O)Cc3ncc(C)c(OC)c3C)n(S(=O)(=O)C3=C/CCCCCCCCCC4=C(/C=C\3)CCCC4)c2c1. The third-order valence-corrected chi connectivity index (χ3v) is 12.2. The van der Waals surface area contributed by atoms with E-state index in [1.165, 1.54) is 54.3 Å². The van der Waals surface area contributed by atoms with Crippen LogP contribution in [0, 0.1) is 13.8 Å². The van der Waals surface area contributed by atoms with Crippen molar-refractivity contribution in [2.75, 3.05) is 14.2 Å². The third kappa shape index (κ3) is 7.65. The predicted octanol–water partition coefficient (Wildman–Crippen LogP) is 8.39. The van der Waals surface area contributed by atoms with E-state index in [1.807, 2.05) is 26.0 Å². The van der Waals surface area contributed by atoms with E-state index < -0.39 is 20.8 Å². The molecule has 1 aromatic carbocycles. The van der Waals surface area contributed by atoms with Crippen molar-refractivity contribution in [3.63, 3.8) is 0 Å². The second-order valence-electron chi connectivity index (χ2n) is 12.3. The first kappa shape index (κ1) is 34.1. The van der Waals surface area contributed by atoms with Crippen LogP contribution in [0.4, 0.5) is 0 Å². The highest BCUT2D eigenvalue weighted by Gasteiger charge is 2.29. The minimum Gasteiger partial charge on any atom is -0.497 e. The molecule has 0 saturated carbocycles. The quantitative estimate of drug-likeness (QED) is 0.250. The molecule has 10 heteroatoms. The number of ether oxygens (including phenoxy) is 2. The molecule has 1 unspecified atom stereocenters. The Kier molecular flexibility index (Phi) is 11.5. The van der Waals surface area contributed by atoms with Gasteiger partial charge in [-0.15, -0.1) is 0 Å². The number of hydrogen-bond acceptors (Lipinski definition) is 7. The van der Waals surface area contributed by atoms with Gasteiger partial charge in [0, 0.05) is 23.4 Å². The zero-order chi connectivity index (χ0) is 32.7. The largest absolute Gasteiger partial charge is 0.497 e. The summed E-state index contributed by atoms with van der Waals surface area (Å²) in [7, 11) is -2.92. The number of methoxy groups -OCH3 is 2. The number of aromatic nitrogens is 3. The molecule has 0 amide bonds. The Morgan fingerprint density at radius 2 is 1.59 bits per heavy atom. The number of benzene rings is 1. The summed E-state index contributed by atoms with van der Waals surface area (Å²) in [6.45, 7) is 3.77. The van der Waals surface area contributed by atoms with Crippen molar-refractivity contribution in [1.29, 1.82) is 0 Å². The summed E-state index contributed by atoms with van der Waals surface area (Å²) in [6.07, 6.45) is 21.4. The van der Waals surface area contributed by atoms with Crippen molar-refractivity contribution >= 4 is 31.9 Å². The normalized spacial score (nSPS) is 19.8. The van der Waals surface area contributed by atoms with Gasteiger partial charge in [-0.3, -0.25) is 9.19 Å². The van der Waals surface area contributed by atoms with E-state index >= 15 is 0 Å². The maximum atomic E-state index is 14.8. The number of hydrogen-bond donors (Lipinski definition) is 0. The first-order valence-electron chi connectivity index (χ1n) is 16.5. The molecule has 2 aliphatic carbocycles. The highest BCUT2D eigenvalue weighted by molar-refractivity contribution is 7.94. The Hall–Kier alpha value is -3.24. The molecule has 0 spiro atoms. The molecule has 0 bridgehead atoms. The lowest BCUT2D eigenvalue weighted by Crippen LogP contribution is -2.19. The van der Waals surface area contributed by atoms with Crippen LogP contribution in [0.1, 0.15) is 100 Å². The highest BCUT2D eigenvalue weighted by atomic mass is 32.2. The predicted molar refractivity (Wildman–Crippen MR) is 185 cm³/mol. The van der Waals surface area contributed by atoms with Gasteiger partial charge in [-0.25, -0.2) is 17.4 Å². The van der Waals surface area contributed by atoms with Crippen LogP contribution in [0.25, 0.3) is 11.0 Å². The topological polar surface area (TPSA) is 100 Å². The third-order valence-electron chi connectivity index (χ3n) is 9.16. The zero-order valence-electron chi connectivity index (χ0n) is 27.6. The second kappa shape index (κ2) is 15.6. The molecule has 46 heavy (non-hydrogen) atoms. The zero-order valence-corrected chi connectivity index (χ0v) is 29.3. The molecule has 2 aliphatic rings. The fourth-order valence-corrected chi connectivity index (χ4v) is 9.68. The van der Waals surface area contributed by atoms with Crippen LogP contribution in [-0.4, -0.2) is 40.8 Å². The number of pyridine rings is 1. The molecular weight excluding hydrogens is 619 g/mol. The summed E-state index contributed by atoms with van der Waals surface area (Å²) in [5.74, 6) is 1.16. The van der Waals surface area contributed by atoms with E-state index in [-0.39, 0.29) is 15.8 Å². The number of fused-ring (bicyclic) bond motifs is 1. The molecule has 0 N–H and O–H groups in total. The Morgan fingerprint density at radius 3 is 2.33 bits per heavy atom. The minimum absolute atomic E-state index is 0.0103. The number of rotatable bonds is 7. The van der Waals surface area contributed by atoms with E-state index in [1.54, 1.807) is 37.6 Å². The van der Waals surface area contributed by atoms with Gasteiger partial charge in [-0.2, -0.15) is 0 Å². The van der Waals surface area contributed by atoms with Gasteiger partial charge in [0.05, 0.1) is 52.4 Å². The average molecular weight is 666 g/mol. The molecule has 0 saturated heterocycles. The van der Waals surface area contributed by atoms with Gasteiger partial charge in [0.1, 0.15) is 11.5 Å². The molecule has 248 valence electrons. The molecule has 2 heterocycles. The first-order valence-corrected chi connectivity index (χ1v) is 19.3. The van der Waals surface area contributed by atoms with Crippen molar-refractivity contribution in [3.8, 4) is 11.5 Å². The van der Waals surface area contributed by atoms with Crippen LogP contribution in [0.2, 0.25) is 0 Å². The first-order chi connectivity index (χ1) is 22.2. The molecule has 8 nitrogen and oxygen atoms in total. The van der Waals surface area contributed by atoms with E-state index in [0.717, 1.165) is 56.1 Å². The maximum absolute atomic E-state index is 14.8. The van der Waals surface area contributed by atoms with Crippen molar-refractivity contribution < 1.29 is 22.1 Å². The van der Waals surface area contributed by atoms with Gasteiger partial charge < -0.3 is 9.47 Å². The maximum Gasteiger partial charge on any atom is 0.270 e. The summed E-state index contributed by atoms with van der Waals surface area (Å²) in [6, 6.07) is 5.09. The molecule has 2 aromatic heterocycles. The van der Waals surface area contributed by atoms with Gasteiger partial charge >= 0.3 is 0 Å². The molecule has 0 fully saturated rings. The summed E-state index contributed by atoms with van der Waals surface area (Å²) in [5.41, 5.74) is 5.69. The van der Waals surface area contributed by atoms with Crippen LogP contribution >= 0.6 is 0 Å². The van der Waals surface area contributed by atoms with E-state index in [0.29, 0.717) is 34.6 Å². The van der Waals surface area contributed by atoms with Gasteiger partial charge in [0.2, 0.25) is 5.16 Å². The lowest BCUT2D eigenvalue weighted by molar-refractivity contribution is 0.407. The lowest BCUT2D eigenvalue weighted by atomic mass is 9.88. The Morgan fingerprint density at radius 1 is 0.891 bits per heavy atom. The average Bonchev–Trinajstić information content (AvgIpc) is 3.44. The highest BCUT2D eigenvalue weighted by Crippen LogP contribution is 2.33. The molecule has 0 aliphatic heterocycles. The van der Waals surface area contributed by atoms with E-state index in [9.17, 15) is 12.6 Å². The van der Waals surface area contributed by atoms with Crippen LogP contribution < -0.4 is 9.47 Å².